The van der Waals surface area contributed by atoms with E-state index in [9.17, 15) is 11.8 Å². The van der Waals surface area contributed by atoms with E-state index in [1.54, 1.807) is 0 Å². The maximum atomic E-state index is 12.6. The number of hydrogen-bond donors (Lipinski definition) is 0. The van der Waals surface area contributed by atoms with Crippen LogP contribution in [0, 0.1) is 17.9 Å². The largest absolute Gasteiger partial charge is 0.318 e. The van der Waals surface area contributed by atoms with E-state index in [0.29, 0.717) is 28.2 Å². The Labute approximate surface area is 503 Å². The number of benzene rings is 13. The van der Waals surface area contributed by atoms with E-state index < -0.39 is 0 Å². The summed E-state index contributed by atoms with van der Waals surface area (Å²) in [6, 6.07) is 102. The number of aromatic nitrogens is 2. The Morgan fingerprint density at radius 1 is 0.337 bits per heavy atom. The number of nitrogens with zero attached hydrogens (tertiary/aromatic N) is 4. The SMILES string of the molecule is [C-]#[N+]c1c(-c2ccccc2)c(C#N)c(-n2c3c(cc(-c4ccccc4)c4c5ccccc5sc43)c3cc(-c4ccccc4)c4c5ccccc5sc4c32)c(-c2ccccc2)c1-n1c2ccccc2c2c(-c3ccccc3)c(-c3ccccc3)ccc21. The van der Waals surface area contributed by atoms with Gasteiger partial charge in [0.05, 0.1) is 55.0 Å². The van der Waals surface area contributed by atoms with Crippen LogP contribution in [0.4, 0.5) is 5.69 Å². The molecule has 0 N–H and O–H groups in total. The summed E-state index contributed by atoms with van der Waals surface area (Å²) < 4.78 is 9.43. The fourth-order valence-corrected chi connectivity index (χ4v) is 16.4. The second-order valence-corrected chi connectivity index (χ2v) is 24.0. The zero-order chi connectivity index (χ0) is 57.0. The van der Waals surface area contributed by atoms with Crippen LogP contribution in [0.5, 0.6) is 0 Å². The fourth-order valence-electron chi connectivity index (χ4n) is 13.9. The Balaban J connectivity index is 1.16. The van der Waals surface area contributed by atoms with Crippen molar-refractivity contribution < 1.29 is 0 Å². The first-order valence-corrected chi connectivity index (χ1v) is 30.5. The Morgan fingerprint density at radius 2 is 0.744 bits per heavy atom. The quantitative estimate of drug-likeness (QED) is 0.140. The second kappa shape index (κ2) is 19.8. The van der Waals surface area contributed by atoms with Gasteiger partial charge in [0, 0.05) is 63.6 Å². The molecule has 0 saturated heterocycles. The van der Waals surface area contributed by atoms with Gasteiger partial charge in [-0.1, -0.05) is 243 Å². The van der Waals surface area contributed by atoms with Crippen molar-refractivity contribution in [1.29, 1.82) is 5.26 Å². The molecule has 0 bridgehead atoms. The molecular weight excluding hydrogens is 1080 g/mol. The van der Waals surface area contributed by atoms with Gasteiger partial charge in [-0.15, -0.1) is 22.7 Å². The third kappa shape index (κ3) is 7.32. The van der Waals surface area contributed by atoms with Crippen LogP contribution in [-0.2, 0) is 0 Å². The first-order valence-electron chi connectivity index (χ1n) is 28.8. The minimum absolute atomic E-state index is 0.393. The Hall–Kier alpha value is -11.1. The lowest BCUT2D eigenvalue weighted by atomic mass is 9.88. The number of nitriles is 1. The van der Waals surface area contributed by atoms with Crippen LogP contribution in [0.1, 0.15) is 5.56 Å². The van der Waals surface area contributed by atoms with Crippen LogP contribution < -0.4 is 0 Å². The van der Waals surface area contributed by atoms with Gasteiger partial charge in [0.25, 0.3) is 0 Å². The van der Waals surface area contributed by atoms with Crippen molar-refractivity contribution in [2.45, 2.75) is 0 Å². The summed E-state index contributed by atoms with van der Waals surface area (Å²) in [6.45, 7) is 9.70. The van der Waals surface area contributed by atoms with Gasteiger partial charge in [-0.25, -0.2) is 4.85 Å². The maximum absolute atomic E-state index is 12.6. The summed E-state index contributed by atoms with van der Waals surface area (Å²) in [6.07, 6.45) is 0. The van der Waals surface area contributed by atoms with Gasteiger partial charge >= 0.3 is 0 Å². The Kier molecular flexibility index (Phi) is 11.4. The van der Waals surface area contributed by atoms with Gasteiger partial charge in [-0.05, 0) is 92.0 Å². The van der Waals surface area contributed by atoms with Crippen molar-refractivity contribution in [2.24, 2.45) is 0 Å². The zero-order valence-electron chi connectivity index (χ0n) is 46.2. The third-order valence-electron chi connectivity index (χ3n) is 17.4. The molecule has 4 nitrogen and oxygen atoms in total. The number of thiophene rings is 2. The molecule has 0 aliphatic carbocycles. The maximum Gasteiger partial charge on any atom is 0.220 e. The molecule has 0 fully saturated rings. The van der Waals surface area contributed by atoms with E-state index in [2.05, 4.69) is 276 Å². The molecule has 17 rings (SSSR count). The van der Waals surface area contributed by atoms with Gasteiger partial charge < -0.3 is 9.13 Å². The molecule has 0 aliphatic rings. The van der Waals surface area contributed by atoms with Crippen LogP contribution in [0.15, 0.2) is 279 Å². The summed E-state index contributed by atoms with van der Waals surface area (Å²) in [4.78, 5) is 4.72. The smallest absolute Gasteiger partial charge is 0.220 e. The van der Waals surface area contributed by atoms with Crippen LogP contribution in [0.2, 0.25) is 0 Å². The lowest BCUT2D eigenvalue weighted by Gasteiger charge is -2.26. The van der Waals surface area contributed by atoms with Crippen LogP contribution in [-0.4, -0.2) is 9.13 Å². The lowest BCUT2D eigenvalue weighted by Crippen LogP contribution is -2.09. The second-order valence-electron chi connectivity index (χ2n) is 21.9. The van der Waals surface area contributed by atoms with Crippen LogP contribution in [0.25, 0.3) is 167 Å². The van der Waals surface area contributed by atoms with Crippen molar-refractivity contribution in [3.8, 4) is 84.2 Å². The standard InChI is InChI=1S/C80H46N4S2/c1-82-74-69(53-34-16-6-17-35-53)63(48-81)75(70(54-36-18-7-19-37-54)78(74)83-64-41-23-20-38-56(64)73-65(83)45-44-55(49-26-8-2-9-27-49)68(73)52-32-14-5-15-33-52)84-76-61(46-59(50-28-10-3-11-29-50)71-57-39-21-24-42-66(57)85-79(71)76)62-47-60(51-30-12-4-13-31-51)72-58-40-22-25-43-67(58)86-80(72)77(62)84/h2-47H. The van der Waals surface area contributed by atoms with Crippen molar-refractivity contribution >= 4 is 112 Å². The molecule has 0 spiro atoms. The number of para-hydroxylation sites is 1. The van der Waals surface area contributed by atoms with E-state index in [1.165, 1.54) is 20.2 Å². The third-order valence-corrected chi connectivity index (χ3v) is 19.7. The number of hydrogen-bond acceptors (Lipinski definition) is 3. The highest BCUT2D eigenvalue weighted by molar-refractivity contribution is 7.27. The molecule has 86 heavy (non-hydrogen) atoms. The molecule has 6 heteroatoms. The molecule has 0 saturated carbocycles. The molecule has 398 valence electrons. The highest BCUT2D eigenvalue weighted by atomic mass is 32.1. The average molecular weight is 1130 g/mol. The van der Waals surface area contributed by atoms with Crippen molar-refractivity contribution in [3.05, 3.63) is 296 Å². The monoisotopic (exact) mass is 1130 g/mol. The summed E-state index contributed by atoms with van der Waals surface area (Å²) in [7, 11) is 0. The fraction of sp³-hybridized carbons (Fsp3) is 0. The minimum Gasteiger partial charge on any atom is -0.318 e. The molecular formula is C80H46N4S2. The van der Waals surface area contributed by atoms with E-state index in [4.69, 9.17) is 4.85 Å². The summed E-state index contributed by atoms with van der Waals surface area (Å²) in [5.41, 5.74) is 18.2. The number of rotatable bonds is 8. The molecule has 0 aliphatic heterocycles. The van der Waals surface area contributed by atoms with Gasteiger partial charge in [-0.3, -0.25) is 0 Å². The van der Waals surface area contributed by atoms with Gasteiger partial charge in [0.15, 0.2) is 0 Å². The topological polar surface area (TPSA) is 38.0 Å². The van der Waals surface area contributed by atoms with E-state index in [-0.39, 0.29) is 0 Å². The van der Waals surface area contributed by atoms with Crippen LogP contribution >= 0.6 is 22.7 Å². The normalized spacial score (nSPS) is 11.7. The molecule has 0 radical (unpaired) electrons. The van der Waals surface area contributed by atoms with Crippen molar-refractivity contribution in [3.63, 3.8) is 0 Å². The molecule has 0 atom stereocenters. The van der Waals surface area contributed by atoms with E-state index in [1.807, 2.05) is 40.9 Å². The van der Waals surface area contributed by atoms with Crippen molar-refractivity contribution in [2.75, 3.05) is 0 Å². The first kappa shape index (κ1) is 49.5. The Morgan fingerprint density at radius 3 is 1.22 bits per heavy atom. The highest BCUT2D eigenvalue weighted by Crippen LogP contribution is 2.57. The first-order chi connectivity index (χ1) is 42.7. The molecule has 4 heterocycles. The van der Waals surface area contributed by atoms with E-state index >= 15 is 0 Å². The van der Waals surface area contributed by atoms with Gasteiger partial charge in [0.2, 0.25) is 5.69 Å². The van der Waals surface area contributed by atoms with E-state index in [0.717, 1.165) is 125 Å². The molecule has 0 unspecified atom stereocenters. The molecule has 13 aromatic carbocycles. The zero-order valence-corrected chi connectivity index (χ0v) is 47.8. The predicted octanol–water partition coefficient (Wildman–Crippen LogP) is 23.0. The van der Waals surface area contributed by atoms with Crippen LogP contribution in [0.3, 0.4) is 0 Å². The van der Waals surface area contributed by atoms with Crippen molar-refractivity contribution in [1.82, 2.24) is 9.13 Å². The molecule has 0 amide bonds. The average Bonchev–Trinajstić information content (AvgIpc) is 1.56. The lowest BCUT2D eigenvalue weighted by molar-refractivity contribution is 1.14. The van der Waals surface area contributed by atoms with Gasteiger partial charge in [-0.2, -0.15) is 5.26 Å². The summed E-state index contributed by atoms with van der Waals surface area (Å²) in [5.74, 6) is 0. The molecule has 4 aromatic heterocycles. The predicted molar refractivity (Wildman–Crippen MR) is 364 cm³/mol. The summed E-state index contributed by atoms with van der Waals surface area (Å²) in [5, 5.41) is 21.6. The Bertz CT molecular complexity index is 5520. The molecule has 17 aromatic rings. The van der Waals surface area contributed by atoms with Gasteiger partial charge in [0.1, 0.15) is 6.07 Å². The minimum atomic E-state index is 0.393. The number of fused-ring (bicyclic) bond motifs is 14. The highest BCUT2D eigenvalue weighted by Gasteiger charge is 2.34. The summed E-state index contributed by atoms with van der Waals surface area (Å²) >= 11 is 3.62.